The second-order valence-electron chi connectivity index (χ2n) is 6.63. The number of rotatable bonds is 5. The molecule has 0 spiro atoms. The van der Waals surface area contributed by atoms with Crippen molar-refractivity contribution >= 4 is 21.7 Å². The van der Waals surface area contributed by atoms with E-state index in [4.69, 9.17) is 0 Å². The third-order valence-electron chi connectivity index (χ3n) is 4.80. The van der Waals surface area contributed by atoms with E-state index in [9.17, 15) is 4.39 Å². The number of benzene rings is 1. The summed E-state index contributed by atoms with van der Waals surface area (Å²) in [7, 11) is 0. The molecule has 0 amide bonds. The summed E-state index contributed by atoms with van der Waals surface area (Å²) in [5, 5.41) is 0. The lowest BCUT2D eigenvalue weighted by Crippen LogP contribution is -2.39. The van der Waals surface area contributed by atoms with Crippen LogP contribution in [0.2, 0.25) is 0 Å². The van der Waals surface area contributed by atoms with Crippen molar-refractivity contribution in [2.24, 2.45) is 0 Å². The first-order valence-electron chi connectivity index (χ1n) is 8.41. The van der Waals surface area contributed by atoms with Gasteiger partial charge in [0, 0.05) is 37.9 Å². The molecule has 24 heavy (non-hydrogen) atoms. The van der Waals surface area contributed by atoms with Gasteiger partial charge in [0.15, 0.2) is 0 Å². The fourth-order valence-corrected chi connectivity index (χ4v) is 3.97. The minimum atomic E-state index is -0.207. The first-order chi connectivity index (χ1) is 11.7. The molecule has 6 heteroatoms. The summed E-state index contributed by atoms with van der Waals surface area (Å²) >= 11 is 3.27. The highest BCUT2D eigenvalue weighted by molar-refractivity contribution is 9.10. The Morgan fingerprint density at radius 2 is 2.08 bits per heavy atom. The summed E-state index contributed by atoms with van der Waals surface area (Å²) in [5.74, 6) is 0.839. The highest BCUT2D eigenvalue weighted by atomic mass is 79.9. The van der Waals surface area contributed by atoms with Crippen molar-refractivity contribution in [3.63, 3.8) is 0 Å². The van der Waals surface area contributed by atoms with Gasteiger partial charge < -0.3 is 4.90 Å². The van der Waals surface area contributed by atoms with E-state index in [0.717, 1.165) is 37.4 Å². The molecule has 126 valence electrons. The second-order valence-corrected chi connectivity index (χ2v) is 7.49. The van der Waals surface area contributed by atoms with Gasteiger partial charge in [-0.3, -0.25) is 4.90 Å². The van der Waals surface area contributed by atoms with Crippen LogP contribution < -0.4 is 4.90 Å². The molecule has 4 nitrogen and oxygen atoms in total. The van der Waals surface area contributed by atoms with Crippen molar-refractivity contribution in [3.05, 3.63) is 52.6 Å². The first-order valence-corrected chi connectivity index (χ1v) is 9.20. The van der Waals surface area contributed by atoms with Crippen molar-refractivity contribution < 1.29 is 4.39 Å². The fourth-order valence-electron chi connectivity index (χ4n) is 3.54. The van der Waals surface area contributed by atoms with Crippen LogP contribution >= 0.6 is 15.9 Å². The minimum absolute atomic E-state index is 0.207. The predicted molar refractivity (Wildman–Crippen MR) is 95.3 cm³/mol. The minimum Gasteiger partial charge on any atom is -0.349 e. The zero-order valence-corrected chi connectivity index (χ0v) is 15.0. The molecule has 0 radical (unpaired) electrons. The van der Waals surface area contributed by atoms with Gasteiger partial charge in [-0.15, -0.1) is 0 Å². The van der Waals surface area contributed by atoms with Gasteiger partial charge in [0.05, 0.1) is 4.47 Å². The lowest BCUT2D eigenvalue weighted by molar-refractivity contribution is 0.324. The normalized spacial score (nSPS) is 21.2. The monoisotopic (exact) mass is 390 g/mol. The van der Waals surface area contributed by atoms with E-state index in [0.29, 0.717) is 16.6 Å². The molecule has 0 N–H and O–H groups in total. The molecule has 1 aliphatic carbocycles. The van der Waals surface area contributed by atoms with Crippen LogP contribution in [0.25, 0.3) is 0 Å². The van der Waals surface area contributed by atoms with Gasteiger partial charge in [0.1, 0.15) is 18.0 Å². The van der Waals surface area contributed by atoms with E-state index in [-0.39, 0.29) is 5.82 Å². The Morgan fingerprint density at radius 1 is 1.21 bits per heavy atom. The van der Waals surface area contributed by atoms with Gasteiger partial charge >= 0.3 is 0 Å². The van der Waals surface area contributed by atoms with E-state index in [1.807, 2.05) is 24.4 Å². The Bertz CT molecular complexity index is 707. The Labute approximate surface area is 149 Å². The third-order valence-corrected chi connectivity index (χ3v) is 5.41. The molecule has 2 heterocycles. The molecule has 2 aliphatic rings. The maximum Gasteiger partial charge on any atom is 0.137 e. The number of likely N-dealkylation sites (tertiary alicyclic amines) is 1. The maximum absolute atomic E-state index is 13.4. The van der Waals surface area contributed by atoms with Crippen molar-refractivity contribution in [3.8, 4) is 0 Å². The fraction of sp³-hybridized carbons (Fsp3) is 0.444. The van der Waals surface area contributed by atoms with Gasteiger partial charge in [-0.25, -0.2) is 14.4 Å². The van der Waals surface area contributed by atoms with Crippen molar-refractivity contribution in [2.45, 2.75) is 37.9 Å². The van der Waals surface area contributed by atoms with Crippen LogP contribution in [0, 0.1) is 5.82 Å². The largest absolute Gasteiger partial charge is 0.349 e. The maximum atomic E-state index is 13.4. The Kier molecular flexibility index (Phi) is 4.50. The Balaban J connectivity index is 1.44. The molecule has 1 saturated heterocycles. The van der Waals surface area contributed by atoms with E-state index in [1.54, 1.807) is 6.33 Å². The summed E-state index contributed by atoms with van der Waals surface area (Å²) in [6, 6.07) is 8.42. The SMILES string of the molecule is Fc1ccc(CN2CCC(N(c3ccncn3)C3CC3)C2)cc1Br. The second kappa shape index (κ2) is 6.76. The summed E-state index contributed by atoms with van der Waals surface area (Å²) in [5.41, 5.74) is 1.14. The van der Waals surface area contributed by atoms with Gasteiger partial charge in [0.25, 0.3) is 0 Å². The van der Waals surface area contributed by atoms with Gasteiger partial charge in [-0.05, 0) is 59.0 Å². The number of aromatic nitrogens is 2. The Hall–Kier alpha value is -1.53. The average Bonchev–Trinajstić information content (AvgIpc) is 3.32. The molecule has 4 rings (SSSR count). The van der Waals surface area contributed by atoms with Crippen LogP contribution in [0.3, 0.4) is 0 Å². The average molecular weight is 391 g/mol. The van der Waals surface area contributed by atoms with Crippen LogP contribution in [0.15, 0.2) is 41.3 Å². The molecule has 0 bridgehead atoms. The van der Waals surface area contributed by atoms with Crippen molar-refractivity contribution in [1.82, 2.24) is 14.9 Å². The van der Waals surface area contributed by atoms with Gasteiger partial charge in [-0.2, -0.15) is 0 Å². The number of halogens is 2. The number of hydrogen-bond acceptors (Lipinski definition) is 4. The van der Waals surface area contributed by atoms with Gasteiger partial charge in [0.2, 0.25) is 0 Å². The van der Waals surface area contributed by atoms with E-state index < -0.39 is 0 Å². The number of anilines is 1. The van der Waals surface area contributed by atoms with Crippen LogP contribution in [0.5, 0.6) is 0 Å². The quantitative estimate of drug-likeness (QED) is 0.780. The van der Waals surface area contributed by atoms with Crippen LogP contribution in [-0.4, -0.2) is 40.0 Å². The lowest BCUT2D eigenvalue weighted by Gasteiger charge is -2.30. The lowest BCUT2D eigenvalue weighted by atomic mass is 10.2. The van der Waals surface area contributed by atoms with Crippen molar-refractivity contribution in [1.29, 1.82) is 0 Å². The topological polar surface area (TPSA) is 32.3 Å². The Morgan fingerprint density at radius 3 is 2.79 bits per heavy atom. The molecule has 2 aromatic rings. The van der Waals surface area contributed by atoms with Crippen LogP contribution in [-0.2, 0) is 6.54 Å². The van der Waals surface area contributed by atoms with E-state index in [1.165, 1.54) is 18.9 Å². The van der Waals surface area contributed by atoms with E-state index >= 15 is 0 Å². The van der Waals surface area contributed by atoms with E-state index in [2.05, 4.69) is 35.7 Å². The van der Waals surface area contributed by atoms with Crippen LogP contribution in [0.1, 0.15) is 24.8 Å². The number of nitrogens with zero attached hydrogens (tertiary/aromatic N) is 4. The molecule has 1 atom stereocenters. The molecule has 1 aromatic carbocycles. The molecule has 1 aliphatic heterocycles. The molecular weight excluding hydrogens is 371 g/mol. The molecule has 1 saturated carbocycles. The smallest absolute Gasteiger partial charge is 0.137 e. The third kappa shape index (κ3) is 3.44. The highest BCUT2D eigenvalue weighted by Crippen LogP contribution is 2.35. The zero-order chi connectivity index (χ0) is 16.5. The molecule has 2 fully saturated rings. The first kappa shape index (κ1) is 16.0. The van der Waals surface area contributed by atoms with Crippen LogP contribution in [0.4, 0.5) is 10.2 Å². The summed E-state index contributed by atoms with van der Waals surface area (Å²) < 4.78 is 13.9. The zero-order valence-electron chi connectivity index (χ0n) is 13.4. The molecule has 1 aromatic heterocycles. The number of hydrogen-bond donors (Lipinski definition) is 0. The predicted octanol–water partition coefficient (Wildman–Crippen LogP) is 3.62. The summed E-state index contributed by atoms with van der Waals surface area (Å²) in [4.78, 5) is 13.4. The molecular formula is C18H20BrFN4. The summed E-state index contributed by atoms with van der Waals surface area (Å²) in [6.07, 6.45) is 7.10. The standard InChI is InChI=1S/C18H20BrFN4/c19-16-9-13(1-4-17(16)20)10-23-8-6-15(11-23)24(14-2-3-14)18-5-7-21-12-22-18/h1,4-5,7,9,12,14-15H,2-3,6,8,10-11H2. The summed E-state index contributed by atoms with van der Waals surface area (Å²) in [6.45, 7) is 2.95. The van der Waals surface area contributed by atoms with Crippen molar-refractivity contribution in [2.75, 3.05) is 18.0 Å². The van der Waals surface area contributed by atoms with Gasteiger partial charge in [-0.1, -0.05) is 6.07 Å². The highest BCUT2D eigenvalue weighted by Gasteiger charge is 2.37. The molecule has 1 unspecified atom stereocenters.